The molecule has 5 rings (SSSR count). The Morgan fingerprint density at radius 2 is 1.54 bits per heavy atom. The number of fused-ring (bicyclic) bond motifs is 6. The SMILES string of the molecule is CC(=O)OCOC(=O)CN(CC(=O)OCOC(C)=O)C(=O)c1ccc2c(c1)[C@]1(OC2=O)c2ccc(N=[N+]=[N-])cc2O[C@H]2C=C(N=[N+]=[N-])C=C[C@@H]21. The summed E-state index contributed by atoms with van der Waals surface area (Å²) in [6.45, 7) is -0.923. The number of hydrogen-bond donors (Lipinski definition) is 0. The first-order valence-corrected chi connectivity index (χ1v) is 14.5. The van der Waals surface area contributed by atoms with E-state index in [1.807, 2.05) is 0 Å². The lowest BCUT2D eigenvalue weighted by Crippen LogP contribution is -2.48. The molecule has 0 radical (unpaired) electrons. The highest BCUT2D eigenvalue weighted by molar-refractivity contribution is 6.01. The molecule has 2 aromatic rings. The predicted octanol–water partition coefficient (Wildman–Crippen LogP) is 3.75. The first-order chi connectivity index (χ1) is 24.0. The van der Waals surface area contributed by atoms with Crippen LogP contribution >= 0.6 is 0 Å². The van der Waals surface area contributed by atoms with Crippen LogP contribution in [0.4, 0.5) is 5.69 Å². The summed E-state index contributed by atoms with van der Waals surface area (Å²) >= 11 is 0. The predicted molar refractivity (Wildman–Crippen MR) is 164 cm³/mol. The second-order valence-corrected chi connectivity index (χ2v) is 10.7. The van der Waals surface area contributed by atoms with Gasteiger partial charge in [-0.1, -0.05) is 34.5 Å². The molecule has 0 saturated heterocycles. The van der Waals surface area contributed by atoms with Gasteiger partial charge in [-0.25, -0.2) is 4.79 Å². The largest absolute Gasteiger partial charge is 0.485 e. The molecule has 1 aliphatic carbocycles. The lowest BCUT2D eigenvalue weighted by molar-refractivity contribution is -0.166. The zero-order chi connectivity index (χ0) is 36.0. The number of benzene rings is 2. The molecule has 1 spiro atoms. The Balaban J connectivity index is 1.56. The zero-order valence-corrected chi connectivity index (χ0v) is 26.2. The minimum Gasteiger partial charge on any atom is -0.485 e. The molecule has 2 heterocycles. The molecule has 0 saturated carbocycles. The van der Waals surface area contributed by atoms with Gasteiger partial charge in [0.2, 0.25) is 13.6 Å². The normalized spacial score (nSPS) is 19.0. The maximum absolute atomic E-state index is 14.0. The molecule has 3 atom stereocenters. The summed E-state index contributed by atoms with van der Waals surface area (Å²) in [5.41, 5.74) is 17.4. The van der Waals surface area contributed by atoms with E-state index in [0.29, 0.717) is 5.56 Å². The number of carbonyl (C=O) groups excluding carboxylic acids is 6. The van der Waals surface area contributed by atoms with E-state index in [1.165, 1.54) is 42.5 Å². The van der Waals surface area contributed by atoms with E-state index in [4.69, 9.17) is 30.0 Å². The topological polar surface area (TPSA) is 259 Å². The molecule has 0 bridgehead atoms. The fourth-order valence-electron chi connectivity index (χ4n) is 5.59. The van der Waals surface area contributed by atoms with Crippen molar-refractivity contribution >= 4 is 41.4 Å². The van der Waals surface area contributed by atoms with Crippen molar-refractivity contribution in [3.05, 3.63) is 103 Å². The number of nitrogens with zero attached hydrogens (tertiary/aromatic N) is 7. The molecule has 19 nitrogen and oxygen atoms in total. The van der Waals surface area contributed by atoms with Gasteiger partial charge in [-0.15, -0.1) is 0 Å². The van der Waals surface area contributed by atoms with Crippen LogP contribution in [0.25, 0.3) is 20.9 Å². The Hall–Kier alpha value is -6.84. The zero-order valence-electron chi connectivity index (χ0n) is 26.2. The summed E-state index contributed by atoms with van der Waals surface area (Å²) in [6, 6.07) is 8.50. The van der Waals surface area contributed by atoms with Gasteiger partial charge in [-0.05, 0) is 41.4 Å². The summed E-state index contributed by atoms with van der Waals surface area (Å²) in [6.07, 6.45) is 3.82. The van der Waals surface area contributed by atoms with Gasteiger partial charge < -0.3 is 33.3 Å². The summed E-state index contributed by atoms with van der Waals surface area (Å²) in [5.74, 6) is -5.76. The van der Waals surface area contributed by atoms with Gasteiger partial charge in [0.15, 0.2) is 5.60 Å². The van der Waals surface area contributed by atoms with Gasteiger partial charge in [0.05, 0.1) is 11.5 Å². The van der Waals surface area contributed by atoms with Gasteiger partial charge in [0.25, 0.3) is 5.91 Å². The lowest BCUT2D eigenvalue weighted by Gasteiger charge is -2.45. The molecule has 0 aromatic heterocycles. The minimum absolute atomic E-state index is 0.0950. The van der Waals surface area contributed by atoms with Crippen molar-refractivity contribution < 1.29 is 57.2 Å². The number of carbonyl (C=O) groups is 6. The van der Waals surface area contributed by atoms with Crippen LogP contribution in [0.3, 0.4) is 0 Å². The Kier molecular flexibility index (Phi) is 10.0. The number of allylic oxidation sites excluding steroid dienone is 1. The highest BCUT2D eigenvalue weighted by atomic mass is 16.7. The average molecular weight is 688 g/mol. The molecular formula is C31H25N7O12. The molecule has 0 N–H and O–H groups in total. The van der Waals surface area contributed by atoms with Crippen LogP contribution in [-0.2, 0) is 48.5 Å². The first kappa shape index (κ1) is 34.5. The molecule has 19 heteroatoms. The molecular weight excluding hydrogens is 662 g/mol. The maximum atomic E-state index is 14.0. The van der Waals surface area contributed by atoms with Crippen molar-refractivity contribution in [3.63, 3.8) is 0 Å². The lowest BCUT2D eigenvalue weighted by atomic mass is 9.69. The summed E-state index contributed by atoms with van der Waals surface area (Å²) in [4.78, 5) is 81.1. The van der Waals surface area contributed by atoms with Gasteiger partial charge in [0.1, 0.15) is 24.9 Å². The van der Waals surface area contributed by atoms with Crippen LogP contribution in [0.5, 0.6) is 5.75 Å². The van der Waals surface area contributed by atoms with Crippen LogP contribution < -0.4 is 4.74 Å². The Bertz CT molecular complexity index is 1930. The van der Waals surface area contributed by atoms with E-state index < -0.39 is 80.1 Å². The molecule has 256 valence electrons. The number of ether oxygens (including phenoxy) is 6. The molecule has 50 heavy (non-hydrogen) atoms. The van der Waals surface area contributed by atoms with Crippen LogP contribution in [0.15, 0.2) is 70.6 Å². The third-order valence-corrected chi connectivity index (χ3v) is 7.61. The van der Waals surface area contributed by atoms with Crippen LogP contribution in [-0.4, -0.2) is 73.4 Å². The van der Waals surface area contributed by atoms with E-state index in [9.17, 15) is 28.8 Å². The Morgan fingerprint density at radius 3 is 2.16 bits per heavy atom. The van der Waals surface area contributed by atoms with Gasteiger partial charge in [-0.2, -0.15) is 0 Å². The van der Waals surface area contributed by atoms with Gasteiger partial charge in [0, 0.05) is 51.7 Å². The maximum Gasteiger partial charge on any atom is 0.339 e. The highest BCUT2D eigenvalue weighted by Crippen LogP contribution is 2.56. The van der Waals surface area contributed by atoms with E-state index in [-0.39, 0.29) is 33.8 Å². The second-order valence-electron chi connectivity index (χ2n) is 10.7. The fraction of sp³-hybridized carbons (Fsp3) is 0.290. The van der Waals surface area contributed by atoms with Crippen LogP contribution in [0, 0.1) is 5.92 Å². The van der Waals surface area contributed by atoms with Crippen molar-refractivity contribution in [2.45, 2.75) is 25.6 Å². The number of azide groups is 2. The van der Waals surface area contributed by atoms with E-state index in [2.05, 4.69) is 29.5 Å². The van der Waals surface area contributed by atoms with Crippen molar-refractivity contribution in [1.82, 2.24) is 4.90 Å². The van der Waals surface area contributed by atoms with E-state index in [0.717, 1.165) is 18.7 Å². The standard InChI is InChI=1S/C31H25N7O12/c1-16(39)45-14-47-27(41)12-38(13-28(42)48-15-46-17(2)40)29(43)18-3-6-21-24(9-18)31(50-30(21)44)22-7-4-19(34-36-32)10-25(22)49-26-11-20(35-37-33)5-8-23(26)31/h3-11,22,25H,12-15H2,1-2H3/t22-,25-,31+/m0/s1. The van der Waals surface area contributed by atoms with E-state index >= 15 is 0 Å². The monoisotopic (exact) mass is 687 g/mol. The number of esters is 5. The van der Waals surface area contributed by atoms with Crippen molar-refractivity contribution in [2.75, 3.05) is 26.7 Å². The average Bonchev–Trinajstić information content (AvgIpc) is 3.35. The second kappa shape index (κ2) is 14.5. The molecule has 2 aromatic carbocycles. The quantitative estimate of drug-likeness (QED) is 0.0817. The van der Waals surface area contributed by atoms with Crippen molar-refractivity contribution in [3.8, 4) is 5.75 Å². The molecule has 0 fully saturated rings. The third kappa shape index (κ3) is 7.03. The molecule has 0 unspecified atom stereocenters. The van der Waals surface area contributed by atoms with Crippen molar-refractivity contribution in [2.24, 2.45) is 16.1 Å². The first-order valence-electron chi connectivity index (χ1n) is 14.5. The molecule has 1 amide bonds. The van der Waals surface area contributed by atoms with Crippen LogP contribution in [0.1, 0.15) is 45.7 Å². The van der Waals surface area contributed by atoms with Crippen LogP contribution in [0.2, 0.25) is 0 Å². The number of hydrogen-bond acceptors (Lipinski definition) is 14. The number of amides is 1. The van der Waals surface area contributed by atoms with E-state index in [1.54, 1.807) is 12.1 Å². The Labute approximate surface area is 281 Å². The molecule has 3 aliphatic rings. The highest BCUT2D eigenvalue weighted by Gasteiger charge is 2.58. The van der Waals surface area contributed by atoms with Crippen molar-refractivity contribution in [1.29, 1.82) is 0 Å². The van der Waals surface area contributed by atoms with Gasteiger partial charge in [-0.3, -0.25) is 24.0 Å². The third-order valence-electron chi connectivity index (χ3n) is 7.61. The van der Waals surface area contributed by atoms with Gasteiger partial charge >= 0.3 is 29.8 Å². The fourth-order valence-corrected chi connectivity index (χ4v) is 5.59. The summed E-state index contributed by atoms with van der Waals surface area (Å²) < 4.78 is 31.2. The minimum atomic E-state index is -1.62. The number of rotatable bonds is 11. The Morgan fingerprint density at radius 1 is 0.880 bits per heavy atom. The smallest absolute Gasteiger partial charge is 0.339 e. The molecule has 2 aliphatic heterocycles. The summed E-state index contributed by atoms with van der Waals surface area (Å²) in [7, 11) is 0. The summed E-state index contributed by atoms with van der Waals surface area (Å²) in [5, 5.41) is 7.25.